The van der Waals surface area contributed by atoms with Crippen LogP contribution in [-0.2, 0) is 4.74 Å². The molecule has 0 aliphatic carbocycles. The number of aromatic nitrogens is 2. The Balaban J connectivity index is 1.83. The fraction of sp³-hybridized carbons (Fsp3) is 0.353. The third kappa shape index (κ3) is 4.03. The van der Waals surface area contributed by atoms with Gasteiger partial charge in [0.05, 0.1) is 40.9 Å². The maximum Gasteiger partial charge on any atom is 0.257 e. The average Bonchev–Trinajstić information content (AvgIpc) is 2.58. The number of carbonyl (C=O) groups excluding carboxylic acids is 1. The summed E-state index contributed by atoms with van der Waals surface area (Å²) in [5, 5.41) is 3.63. The Bertz CT molecular complexity index is 784. The standard InChI is InChI=1S/C17H18Cl2N4O2/c1-10-15(22-16(24)13-4-3-12(18)9-14(13)19)11(2)21-17(20-10)23-5-7-25-8-6-23/h3-4,9H,5-8H2,1-2H3,(H,22,24). The zero-order valence-corrected chi connectivity index (χ0v) is 15.5. The number of nitrogens with one attached hydrogen (secondary N) is 1. The highest BCUT2D eigenvalue weighted by Crippen LogP contribution is 2.25. The van der Waals surface area contributed by atoms with Crippen molar-refractivity contribution < 1.29 is 9.53 Å². The molecule has 1 aliphatic heterocycles. The van der Waals surface area contributed by atoms with Gasteiger partial charge in [-0.25, -0.2) is 9.97 Å². The largest absolute Gasteiger partial charge is 0.378 e. The van der Waals surface area contributed by atoms with Gasteiger partial charge in [0.2, 0.25) is 5.95 Å². The van der Waals surface area contributed by atoms with E-state index in [0.717, 1.165) is 13.1 Å². The van der Waals surface area contributed by atoms with Crippen LogP contribution in [0.15, 0.2) is 18.2 Å². The number of aryl methyl sites for hydroxylation is 2. The van der Waals surface area contributed by atoms with Crippen molar-refractivity contribution in [2.45, 2.75) is 13.8 Å². The lowest BCUT2D eigenvalue weighted by molar-refractivity contribution is 0.102. The van der Waals surface area contributed by atoms with E-state index in [1.165, 1.54) is 6.07 Å². The summed E-state index contributed by atoms with van der Waals surface area (Å²) < 4.78 is 5.35. The van der Waals surface area contributed by atoms with Crippen LogP contribution in [0.3, 0.4) is 0 Å². The van der Waals surface area contributed by atoms with Gasteiger partial charge in [-0.2, -0.15) is 0 Å². The van der Waals surface area contributed by atoms with Crippen molar-refractivity contribution in [3.63, 3.8) is 0 Å². The van der Waals surface area contributed by atoms with Gasteiger partial charge in [0.25, 0.3) is 5.91 Å². The van der Waals surface area contributed by atoms with Crippen molar-refractivity contribution in [1.29, 1.82) is 0 Å². The molecular weight excluding hydrogens is 363 g/mol. The average molecular weight is 381 g/mol. The number of amides is 1. The molecule has 2 aromatic rings. The zero-order valence-electron chi connectivity index (χ0n) is 14.0. The molecule has 1 saturated heterocycles. The highest BCUT2D eigenvalue weighted by Gasteiger charge is 2.19. The first-order valence-electron chi connectivity index (χ1n) is 7.90. The number of ether oxygens (including phenoxy) is 1. The third-order valence-corrected chi connectivity index (χ3v) is 4.52. The maximum absolute atomic E-state index is 12.5. The number of nitrogens with zero attached hydrogens (tertiary/aromatic N) is 3. The monoisotopic (exact) mass is 380 g/mol. The lowest BCUT2D eigenvalue weighted by Crippen LogP contribution is -2.37. The number of halogens is 2. The number of morpholine rings is 1. The summed E-state index contributed by atoms with van der Waals surface area (Å²) in [6.07, 6.45) is 0. The van der Waals surface area contributed by atoms with Gasteiger partial charge in [-0.15, -0.1) is 0 Å². The highest BCUT2D eigenvalue weighted by atomic mass is 35.5. The summed E-state index contributed by atoms with van der Waals surface area (Å²) in [5.74, 6) is 0.330. The Morgan fingerprint density at radius 2 is 1.80 bits per heavy atom. The summed E-state index contributed by atoms with van der Waals surface area (Å²) in [6, 6.07) is 4.75. The SMILES string of the molecule is Cc1nc(N2CCOCC2)nc(C)c1NC(=O)c1ccc(Cl)cc1Cl. The molecule has 0 unspecified atom stereocenters. The smallest absolute Gasteiger partial charge is 0.257 e. The first kappa shape index (κ1) is 17.9. The van der Waals surface area contributed by atoms with Crippen molar-refractivity contribution in [2.75, 3.05) is 36.5 Å². The number of anilines is 2. The van der Waals surface area contributed by atoms with Gasteiger partial charge in [0, 0.05) is 18.1 Å². The highest BCUT2D eigenvalue weighted by molar-refractivity contribution is 6.37. The Kier molecular flexibility index (Phi) is 5.42. The van der Waals surface area contributed by atoms with Crippen molar-refractivity contribution in [2.24, 2.45) is 0 Å². The Labute approximate surface area is 156 Å². The number of carbonyl (C=O) groups is 1. The van der Waals surface area contributed by atoms with Crippen LogP contribution in [0.25, 0.3) is 0 Å². The van der Waals surface area contributed by atoms with Crippen LogP contribution in [0.1, 0.15) is 21.7 Å². The van der Waals surface area contributed by atoms with E-state index in [-0.39, 0.29) is 5.91 Å². The minimum Gasteiger partial charge on any atom is -0.378 e. The van der Waals surface area contributed by atoms with Crippen LogP contribution in [0, 0.1) is 13.8 Å². The zero-order chi connectivity index (χ0) is 18.0. The van der Waals surface area contributed by atoms with E-state index < -0.39 is 0 Å². The fourth-order valence-corrected chi connectivity index (χ4v) is 3.13. The van der Waals surface area contributed by atoms with Gasteiger partial charge < -0.3 is 15.0 Å². The third-order valence-electron chi connectivity index (χ3n) is 3.97. The van der Waals surface area contributed by atoms with Gasteiger partial charge >= 0.3 is 0 Å². The van der Waals surface area contributed by atoms with Gasteiger partial charge in [-0.05, 0) is 32.0 Å². The van der Waals surface area contributed by atoms with Crippen molar-refractivity contribution in [3.8, 4) is 0 Å². The van der Waals surface area contributed by atoms with E-state index in [9.17, 15) is 4.79 Å². The first-order chi connectivity index (χ1) is 12.0. The normalized spacial score (nSPS) is 14.5. The topological polar surface area (TPSA) is 67.3 Å². The molecule has 0 atom stereocenters. The van der Waals surface area contributed by atoms with Gasteiger partial charge in [0.1, 0.15) is 0 Å². The molecule has 1 aromatic heterocycles. The minimum atomic E-state index is -0.324. The summed E-state index contributed by atoms with van der Waals surface area (Å²) >= 11 is 12.0. The lowest BCUT2D eigenvalue weighted by atomic mass is 10.2. The molecule has 25 heavy (non-hydrogen) atoms. The quantitative estimate of drug-likeness (QED) is 0.882. The Morgan fingerprint density at radius 3 is 2.40 bits per heavy atom. The van der Waals surface area contributed by atoms with E-state index in [1.54, 1.807) is 12.1 Å². The van der Waals surface area contributed by atoms with Gasteiger partial charge in [-0.3, -0.25) is 4.79 Å². The molecule has 2 heterocycles. The predicted molar refractivity (Wildman–Crippen MR) is 99.0 cm³/mol. The second-order valence-corrected chi connectivity index (χ2v) is 6.59. The molecule has 8 heteroatoms. The summed E-state index contributed by atoms with van der Waals surface area (Å²) in [5.41, 5.74) is 2.34. The summed E-state index contributed by atoms with van der Waals surface area (Å²) in [7, 11) is 0. The predicted octanol–water partition coefficient (Wildman–Crippen LogP) is 3.49. The van der Waals surface area contributed by atoms with Crippen molar-refractivity contribution >= 4 is 40.7 Å². The number of hydrogen-bond acceptors (Lipinski definition) is 5. The van der Waals surface area contributed by atoms with E-state index >= 15 is 0 Å². The summed E-state index contributed by atoms with van der Waals surface area (Å²) in [4.78, 5) is 23.7. The maximum atomic E-state index is 12.5. The second kappa shape index (κ2) is 7.56. The molecule has 0 spiro atoms. The minimum absolute atomic E-state index is 0.297. The molecule has 6 nitrogen and oxygen atoms in total. The molecular formula is C17H18Cl2N4O2. The van der Waals surface area contributed by atoms with Crippen LogP contribution >= 0.6 is 23.2 Å². The molecule has 1 fully saturated rings. The molecule has 1 aliphatic rings. The van der Waals surface area contributed by atoms with Gasteiger partial charge in [0.15, 0.2) is 0 Å². The second-order valence-electron chi connectivity index (χ2n) is 5.75. The van der Waals surface area contributed by atoms with Gasteiger partial charge in [-0.1, -0.05) is 23.2 Å². The van der Waals surface area contributed by atoms with E-state index in [0.29, 0.717) is 51.8 Å². The molecule has 3 rings (SSSR count). The lowest BCUT2D eigenvalue weighted by Gasteiger charge is -2.27. The number of hydrogen-bond donors (Lipinski definition) is 1. The molecule has 1 N–H and O–H groups in total. The molecule has 0 bridgehead atoms. The van der Waals surface area contributed by atoms with Crippen LogP contribution in [-0.4, -0.2) is 42.2 Å². The van der Waals surface area contributed by atoms with Crippen LogP contribution in [0.2, 0.25) is 10.0 Å². The van der Waals surface area contributed by atoms with Crippen LogP contribution in [0.4, 0.5) is 11.6 Å². The van der Waals surface area contributed by atoms with Crippen molar-refractivity contribution in [1.82, 2.24) is 9.97 Å². The fourth-order valence-electron chi connectivity index (χ4n) is 2.64. The van der Waals surface area contributed by atoms with Crippen LogP contribution < -0.4 is 10.2 Å². The number of benzene rings is 1. The first-order valence-corrected chi connectivity index (χ1v) is 8.65. The Morgan fingerprint density at radius 1 is 1.16 bits per heavy atom. The molecule has 132 valence electrons. The van der Waals surface area contributed by atoms with Crippen molar-refractivity contribution in [3.05, 3.63) is 45.2 Å². The Hall–Kier alpha value is -1.89. The van der Waals surface area contributed by atoms with E-state index in [1.807, 2.05) is 13.8 Å². The molecule has 0 radical (unpaired) electrons. The molecule has 0 saturated carbocycles. The molecule has 1 amide bonds. The number of rotatable bonds is 3. The van der Waals surface area contributed by atoms with Crippen LogP contribution in [0.5, 0.6) is 0 Å². The molecule has 1 aromatic carbocycles. The van der Waals surface area contributed by atoms with E-state index in [4.69, 9.17) is 27.9 Å². The van der Waals surface area contributed by atoms with E-state index in [2.05, 4.69) is 20.2 Å². The summed E-state index contributed by atoms with van der Waals surface area (Å²) in [6.45, 7) is 6.52.